The van der Waals surface area contributed by atoms with Crippen molar-refractivity contribution in [3.8, 4) is 6.07 Å². The molecule has 112 valence electrons. The van der Waals surface area contributed by atoms with Gasteiger partial charge in [0.2, 0.25) is 0 Å². The van der Waals surface area contributed by atoms with Crippen LogP contribution in [0.15, 0.2) is 18.2 Å². The molecule has 1 unspecified atom stereocenters. The lowest BCUT2D eigenvalue weighted by atomic mass is 10.0. The summed E-state index contributed by atoms with van der Waals surface area (Å²) in [4.78, 5) is 13.7. The van der Waals surface area contributed by atoms with E-state index in [1.807, 2.05) is 6.07 Å². The van der Waals surface area contributed by atoms with Crippen LogP contribution < -0.4 is 0 Å². The summed E-state index contributed by atoms with van der Waals surface area (Å²) in [6.07, 6.45) is 4.92. The number of hydrogen-bond acceptors (Lipinski definition) is 3. The van der Waals surface area contributed by atoms with Crippen LogP contribution in [0.4, 0.5) is 4.39 Å². The van der Waals surface area contributed by atoms with Crippen LogP contribution in [0.1, 0.15) is 50.2 Å². The zero-order valence-electron chi connectivity index (χ0n) is 12.4. The van der Waals surface area contributed by atoms with E-state index in [9.17, 15) is 9.18 Å². The molecular formula is C17H21FN2O. The molecule has 1 fully saturated rings. The maximum absolute atomic E-state index is 14.0. The van der Waals surface area contributed by atoms with E-state index >= 15 is 0 Å². The highest BCUT2D eigenvalue weighted by atomic mass is 19.1. The Labute approximate surface area is 125 Å². The highest BCUT2D eigenvalue weighted by molar-refractivity contribution is 5.76. The van der Waals surface area contributed by atoms with Gasteiger partial charge in [-0.1, -0.05) is 18.9 Å². The van der Waals surface area contributed by atoms with E-state index in [1.165, 1.54) is 12.5 Å². The maximum Gasteiger partial charge on any atom is 0.131 e. The van der Waals surface area contributed by atoms with Crippen LogP contribution in [0.5, 0.6) is 0 Å². The van der Waals surface area contributed by atoms with Crippen LogP contribution >= 0.6 is 0 Å². The number of carbonyl (C=O) groups is 1. The molecule has 1 aliphatic heterocycles. The normalized spacial score (nSPS) is 19.8. The lowest BCUT2D eigenvalue weighted by Gasteiger charge is -2.29. The van der Waals surface area contributed by atoms with E-state index in [0.29, 0.717) is 24.1 Å². The van der Waals surface area contributed by atoms with Crippen LogP contribution in [0.2, 0.25) is 0 Å². The van der Waals surface area contributed by atoms with Crippen molar-refractivity contribution in [1.82, 2.24) is 4.90 Å². The number of ketones is 1. The van der Waals surface area contributed by atoms with Gasteiger partial charge in [-0.15, -0.1) is 0 Å². The van der Waals surface area contributed by atoms with E-state index in [2.05, 4.69) is 4.90 Å². The van der Waals surface area contributed by atoms with Gasteiger partial charge in [-0.05, 0) is 38.4 Å². The van der Waals surface area contributed by atoms with Gasteiger partial charge < -0.3 is 0 Å². The molecule has 3 nitrogen and oxygen atoms in total. The van der Waals surface area contributed by atoms with E-state index in [4.69, 9.17) is 5.26 Å². The summed E-state index contributed by atoms with van der Waals surface area (Å²) in [7, 11) is 0. The molecule has 21 heavy (non-hydrogen) atoms. The van der Waals surface area contributed by atoms with Crippen molar-refractivity contribution in [1.29, 1.82) is 5.26 Å². The van der Waals surface area contributed by atoms with Gasteiger partial charge in [0.05, 0.1) is 11.6 Å². The van der Waals surface area contributed by atoms with Gasteiger partial charge in [-0.2, -0.15) is 5.26 Å². The fraction of sp³-hybridized carbons (Fsp3) is 0.529. The molecule has 1 heterocycles. The standard InChI is InChI=1S/C17H21FN2O/c1-13(21)9-16-5-3-2-4-8-20(16)12-15-7-6-14(11-19)10-17(15)18/h6-7,10,16H,2-5,8-9,12H2,1H3. The van der Waals surface area contributed by atoms with Crippen molar-refractivity contribution in [2.45, 2.75) is 51.6 Å². The highest BCUT2D eigenvalue weighted by Crippen LogP contribution is 2.23. The smallest absolute Gasteiger partial charge is 0.131 e. The number of likely N-dealkylation sites (tertiary alicyclic amines) is 1. The van der Waals surface area contributed by atoms with E-state index in [-0.39, 0.29) is 17.6 Å². The van der Waals surface area contributed by atoms with Crippen molar-refractivity contribution in [2.24, 2.45) is 0 Å². The van der Waals surface area contributed by atoms with Gasteiger partial charge in [-0.25, -0.2) is 4.39 Å². The molecule has 0 saturated carbocycles. The minimum absolute atomic E-state index is 0.187. The molecule has 1 aliphatic rings. The molecular weight excluding hydrogens is 267 g/mol. The zero-order chi connectivity index (χ0) is 15.2. The summed E-state index contributed by atoms with van der Waals surface area (Å²) in [5.41, 5.74) is 0.942. The van der Waals surface area contributed by atoms with Crippen LogP contribution in [-0.4, -0.2) is 23.3 Å². The number of Topliss-reactive ketones (excluding diaryl/α,β-unsaturated/α-hetero) is 1. The lowest BCUT2D eigenvalue weighted by Crippen LogP contribution is -2.35. The first-order valence-corrected chi connectivity index (χ1v) is 7.52. The average Bonchev–Trinajstić information content (AvgIpc) is 2.66. The predicted octanol–water partition coefficient (Wildman–Crippen LogP) is 3.42. The lowest BCUT2D eigenvalue weighted by molar-refractivity contribution is -0.118. The molecule has 1 saturated heterocycles. The van der Waals surface area contributed by atoms with Crippen LogP contribution in [-0.2, 0) is 11.3 Å². The fourth-order valence-corrected chi connectivity index (χ4v) is 2.97. The maximum atomic E-state index is 14.0. The molecule has 0 amide bonds. The van der Waals surface area contributed by atoms with Crippen LogP contribution in [0.25, 0.3) is 0 Å². The van der Waals surface area contributed by atoms with Crippen molar-refractivity contribution in [3.05, 3.63) is 35.1 Å². The summed E-state index contributed by atoms with van der Waals surface area (Å²) in [6.45, 7) is 3.03. The number of nitriles is 1. The molecule has 1 aromatic carbocycles. The zero-order valence-corrected chi connectivity index (χ0v) is 12.4. The van der Waals surface area contributed by atoms with Gasteiger partial charge in [0, 0.05) is 24.6 Å². The first-order valence-electron chi connectivity index (χ1n) is 7.52. The summed E-state index contributed by atoms with van der Waals surface area (Å²) < 4.78 is 14.0. The monoisotopic (exact) mass is 288 g/mol. The number of rotatable bonds is 4. The second kappa shape index (κ2) is 7.33. The second-order valence-corrected chi connectivity index (χ2v) is 5.80. The minimum atomic E-state index is -0.333. The van der Waals surface area contributed by atoms with Gasteiger partial charge in [0.25, 0.3) is 0 Å². The second-order valence-electron chi connectivity index (χ2n) is 5.80. The van der Waals surface area contributed by atoms with Crippen molar-refractivity contribution in [2.75, 3.05) is 6.54 Å². The van der Waals surface area contributed by atoms with E-state index in [0.717, 1.165) is 25.8 Å². The van der Waals surface area contributed by atoms with Crippen molar-refractivity contribution >= 4 is 5.78 Å². The Morgan fingerprint density at radius 1 is 1.43 bits per heavy atom. The van der Waals surface area contributed by atoms with E-state index in [1.54, 1.807) is 19.1 Å². The molecule has 1 atom stereocenters. The quantitative estimate of drug-likeness (QED) is 0.852. The largest absolute Gasteiger partial charge is 0.300 e. The molecule has 0 radical (unpaired) electrons. The Hall–Kier alpha value is -1.73. The number of halogens is 1. The molecule has 0 bridgehead atoms. The van der Waals surface area contributed by atoms with Gasteiger partial charge >= 0.3 is 0 Å². The van der Waals surface area contributed by atoms with Crippen LogP contribution in [0, 0.1) is 17.1 Å². The summed E-state index contributed by atoms with van der Waals surface area (Å²) >= 11 is 0. The summed E-state index contributed by atoms with van der Waals surface area (Å²) in [6, 6.07) is 6.77. The van der Waals surface area contributed by atoms with Gasteiger partial charge in [0.1, 0.15) is 11.6 Å². The Bertz CT molecular complexity index is 550. The predicted molar refractivity (Wildman–Crippen MR) is 79.1 cm³/mol. The molecule has 2 rings (SSSR count). The number of nitrogens with zero attached hydrogens (tertiary/aromatic N) is 2. The topological polar surface area (TPSA) is 44.1 Å². The molecule has 0 aliphatic carbocycles. The highest BCUT2D eigenvalue weighted by Gasteiger charge is 2.23. The Balaban J connectivity index is 2.14. The molecule has 4 heteroatoms. The average molecular weight is 288 g/mol. The third-order valence-corrected chi connectivity index (χ3v) is 4.08. The minimum Gasteiger partial charge on any atom is -0.300 e. The summed E-state index contributed by atoms with van der Waals surface area (Å²) in [5, 5.41) is 8.79. The Morgan fingerprint density at radius 3 is 2.90 bits per heavy atom. The number of benzene rings is 1. The number of carbonyl (C=O) groups excluding carboxylic acids is 1. The van der Waals surface area contributed by atoms with E-state index < -0.39 is 0 Å². The van der Waals surface area contributed by atoms with Gasteiger partial charge in [-0.3, -0.25) is 9.69 Å². The molecule has 0 spiro atoms. The third-order valence-electron chi connectivity index (χ3n) is 4.08. The Morgan fingerprint density at radius 2 is 2.24 bits per heavy atom. The molecule has 0 aromatic heterocycles. The third kappa shape index (κ3) is 4.37. The fourth-order valence-electron chi connectivity index (χ4n) is 2.97. The first-order chi connectivity index (χ1) is 10.1. The molecule has 0 N–H and O–H groups in total. The van der Waals surface area contributed by atoms with Gasteiger partial charge in [0.15, 0.2) is 0 Å². The summed E-state index contributed by atoms with van der Waals surface area (Å²) in [5.74, 6) is -0.146. The van der Waals surface area contributed by atoms with Crippen molar-refractivity contribution in [3.63, 3.8) is 0 Å². The number of hydrogen-bond donors (Lipinski definition) is 0. The van der Waals surface area contributed by atoms with Crippen LogP contribution in [0.3, 0.4) is 0 Å². The SMILES string of the molecule is CC(=O)CC1CCCCCN1Cc1ccc(C#N)cc1F. The first kappa shape index (κ1) is 15.7. The van der Waals surface area contributed by atoms with Crippen molar-refractivity contribution < 1.29 is 9.18 Å². The molecule has 1 aromatic rings. The Kier molecular flexibility index (Phi) is 5.46.